The van der Waals surface area contributed by atoms with Crippen LogP contribution in [0.25, 0.3) is 0 Å². The number of hydrogen-bond donors (Lipinski definition) is 0. The summed E-state index contributed by atoms with van der Waals surface area (Å²) in [4.78, 5) is 14.3. The first-order valence-electron chi connectivity index (χ1n) is 3.69. The van der Waals surface area contributed by atoms with E-state index in [1.165, 1.54) is 13.2 Å². The third-order valence-electron chi connectivity index (χ3n) is 1.58. The zero-order valence-corrected chi connectivity index (χ0v) is 10.3. The highest BCUT2D eigenvalue weighted by Crippen LogP contribution is 2.30. The zero-order valence-electron chi connectivity index (χ0n) is 7.43. The minimum absolute atomic E-state index is 0.0592. The average molecular weight is 347 g/mol. The summed E-state index contributed by atoms with van der Waals surface area (Å²) < 4.78 is 30.1. The predicted octanol–water partition coefficient (Wildman–Crippen LogP) is 3.01. The highest BCUT2D eigenvalue weighted by Gasteiger charge is 2.21. The lowest BCUT2D eigenvalue weighted by molar-refractivity contribution is 0.107. The first-order valence-corrected chi connectivity index (χ1v) is 5.15. The number of carbonyl (C=O) groups excluding carboxylic acids is 1. The summed E-state index contributed by atoms with van der Waals surface area (Å²) in [6, 6.07) is 1.30. The Bertz CT molecular complexity index is 400. The summed E-state index contributed by atoms with van der Waals surface area (Å²) in [7, 11) is 1.25. The molecule has 0 bridgehead atoms. The second-order valence-corrected chi connectivity index (χ2v) is 3.99. The minimum atomic E-state index is -2.81. The maximum Gasteiger partial charge on any atom is 0.284 e. The predicted molar refractivity (Wildman–Crippen MR) is 58.6 cm³/mol. The molecular formula is C8H5ClF2INO2. The molecule has 0 saturated heterocycles. The molecule has 0 aromatic carbocycles. The lowest BCUT2D eigenvalue weighted by Crippen LogP contribution is -2.05. The number of nitrogens with zero attached hydrogens (tertiary/aromatic N) is 1. The number of methoxy groups -OCH3 is 1. The van der Waals surface area contributed by atoms with E-state index in [-0.39, 0.29) is 11.4 Å². The number of rotatable bonds is 3. The summed E-state index contributed by atoms with van der Waals surface area (Å²) in [5.41, 5.74) is -0.768. The van der Waals surface area contributed by atoms with E-state index in [4.69, 9.17) is 16.3 Å². The van der Waals surface area contributed by atoms with Crippen molar-refractivity contribution in [3.8, 4) is 5.75 Å². The van der Waals surface area contributed by atoms with E-state index >= 15 is 0 Å². The molecule has 15 heavy (non-hydrogen) atoms. The largest absolute Gasteiger partial charge is 0.495 e. The summed E-state index contributed by atoms with van der Waals surface area (Å²) in [6.45, 7) is 0. The highest BCUT2D eigenvalue weighted by molar-refractivity contribution is 14.1. The van der Waals surface area contributed by atoms with E-state index in [1.807, 2.05) is 0 Å². The van der Waals surface area contributed by atoms with Gasteiger partial charge in [-0.05, 0) is 40.3 Å². The zero-order chi connectivity index (χ0) is 11.6. The van der Waals surface area contributed by atoms with Gasteiger partial charge in [-0.15, -0.1) is 0 Å². The van der Waals surface area contributed by atoms with Gasteiger partial charge in [0, 0.05) is 3.57 Å². The summed E-state index contributed by atoms with van der Waals surface area (Å²) in [5, 5.41) is -0.871. The van der Waals surface area contributed by atoms with E-state index in [1.54, 1.807) is 22.6 Å². The molecule has 0 atom stereocenters. The molecule has 0 N–H and O–H groups in total. The molecule has 0 radical (unpaired) electrons. The van der Waals surface area contributed by atoms with E-state index in [9.17, 15) is 13.6 Å². The Balaban J connectivity index is 3.37. The van der Waals surface area contributed by atoms with Crippen molar-refractivity contribution in [2.45, 2.75) is 6.43 Å². The molecule has 0 amide bonds. The molecule has 0 aliphatic rings. The van der Waals surface area contributed by atoms with Crippen LogP contribution in [-0.2, 0) is 0 Å². The molecule has 1 rings (SSSR count). The van der Waals surface area contributed by atoms with E-state index in [0.717, 1.165) is 0 Å². The molecule has 0 unspecified atom stereocenters. The molecule has 0 aliphatic heterocycles. The second-order valence-electron chi connectivity index (χ2n) is 2.48. The van der Waals surface area contributed by atoms with Gasteiger partial charge in [0.15, 0.2) is 0 Å². The fraction of sp³-hybridized carbons (Fsp3) is 0.250. The van der Waals surface area contributed by atoms with Gasteiger partial charge in [-0.2, -0.15) is 0 Å². The SMILES string of the molecule is COc1cc(I)c(C(=O)Cl)nc1C(F)F. The number of hydrogen-bond acceptors (Lipinski definition) is 3. The molecule has 1 aromatic rings. The average Bonchev–Trinajstić information content (AvgIpc) is 2.16. The first-order chi connectivity index (χ1) is 6.97. The number of pyridine rings is 1. The van der Waals surface area contributed by atoms with Gasteiger partial charge in [0.1, 0.15) is 17.1 Å². The Morgan fingerprint density at radius 1 is 1.67 bits per heavy atom. The molecule has 7 heteroatoms. The van der Waals surface area contributed by atoms with Crippen LogP contribution in [0, 0.1) is 3.57 Å². The molecule has 82 valence electrons. The van der Waals surface area contributed by atoms with Gasteiger partial charge < -0.3 is 4.74 Å². The van der Waals surface area contributed by atoms with Gasteiger partial charge >= 0.3 is 0 Å². The van der Waals surface area contributed by atoms with Crippen LogP contribution in [0.4, 0.5) is 8.78 Å². The number of carbonyl (C=O) groups is 1. The topological polar surface area (TPSA) is 39.2 Å². The fourth-order valence-electron chi connectivity index (χ4n) is 0.944. The molecule has 0 fully saturated rings. The van der Waals surface area contributed by atoms with Crippen molar-refractivity contribution in [1.29, 1.82) is 0 Å². The lowest BCUT2D eigenvalue weighted by Gasteiger charge is -2.08. The van der Waals surface area contributed by atoms with E-state index in [0.29, 0.717) is 3.57 Å². The van der Waals surface area contributed by atoms with Crippen LogP contribution in [0.1, 0.15) is 22.6 Å². The summed E-state index contributed by atoms with van der Waals surface area (Å²) in [6.07, 6.45) is -2.81. The molecule has 3 nitrogen and oxygen atoms in total. The van der Waals surface area contributed by atoms with Crippen molar-refractivity contribution in [1.82, 2.24) is 4.98 Å². The fourth-order valence-corrected chi connectivity index (χ4v) is 1.90. The Hall–Kier alpha value is -0.500. The van der Waals surface area contributed by atoms with Gasteiger partial charge in [0.2, 0.25) is 0 Å². The van der Waals surface area contributed by atoms with Crippen molar-refractivity contribution in [3.05, 3.63) is 21.0 Å². The molecule has 0 aliphatic carbocycles. The third-order valence-corrected chi connectivity index (χ3v) is 2.58. The summed E-state index contributed by atoms with van der Waals surface area (Å²) in [5.74, 6) is -0.0592. The van der Waals surface area contributed by atoms with E-state index < -0.39 is 17.4 Å². The number of alkyl halides is 2. The van der Waals surface area contributed by atoms with Crippen molar-refractivity contribution < 1.29 is 18.3 Å². The van der Waals surface area contributed by atoms with Crippen molar-refractivity contribution in [2.75, 3.05) is 7.11 Å². The van der Waals surface area contributed by atoms with Gasteiger partial charge in [0.05, 0.1) is 7.11 Å². The molecule has 1 heterocycles. The Labute approximate surface area is 103 Å². The highest BCUT2D eigenvalue weighted by atomic mass is 127. The monoisotopic (exact) mass is 347 g/mol. The molecule has 0 saturated carbocycles. The van der Waals surface area contributed by atoms with Crippen LogP contribution in [0.2, 0.25) is 0 Å². The second kappa shape index (κ2) is 5.02. The standard InChI is InChI=1S/C8H5ClF2INO2/c1-15-4-2-3(12)5(7(9)14)13-6(4)8(10)11/h2,8H,1H3. The first kappa shape index (κ1) is 12.6. The Morgan fingerprint density at radius 2 is 2.27 bits per heavy atom. The van der Waals surface area contributed by atoms with Crippen molar-refractivity contribution >= 4 is 39.4 Å². The van der Waals surface area contributed by atoms with Gasteiger partial charge in [0.25, 0.3) is 11.7 Å². The van der Waals surface area contributed by atoms with Crippen LogP contribution in [0.15, 0.2) is 6.07 Å². The van der Waals surface area contributed by atoms with Gasteiger partial charge in [-0.25, -0.2) is 13.8 Å². The van der Waals surface area contributed by atoms with Crippen LogP contribution in [0.3, 0.4) is 0 Å². The minimum Gasteiger partial charge on any atom is -0.495 e. The number of aromatic nitrogens is 1. The van der Waals surface area contributed by atoms with Crippen LogP contribution in [-0.4, -0.2) is 17.3 Å². The Kier molecular flexibility index (Phi) is 4.21. The van der Waals surface area contributed by atoms with Gasteiger partial charge in [-0.1, -0.05) is 0 Å². The van der Waals surface area contributed by atoms with Crippen LogP contribution < -0.4 is 4.74 Å². The Morgan fingerprint density at radius 3 is 2.67 bits per heavy atom. The molecule has 0 spiro atoms. The molecular weight excluding hydrogens is 342 g/mol. The number of halogens is 4. The maximum atomic E-state index is 12.5. The van der Waals surface area contributed by atoms with Crippen molar-refractivity contribution in [2.24, 2.45) is 0 Å². The lowest BCUT2D eigenvalue weighted by atomic mass is 10.3. The normalized spacial score (nSPS) is 10.5. The molecule has 1 aromatic heterocycles. The van der Waals surface area contributed by atoms with Crippen LogP contribution in [0.5, 0.6) is 5.75 Å². The van der Waals surface area contributed by atoms with Crippen LogP contribution >= 0.6 is 34.2 Å². The maximum absolute atomic E-state index is 12.5. The van der Waals surface area contributed by atoms with Crippen molar-refractivity contribution in [3.63, 3.8) is 0 Å². The third kappa shape index (κ3) is 2.75. The quantitative estimate of drug-likeness (QED) is 0.623. The van der Waals surface area contributed by atoms with E-state index in [2.05, 4.69) is 4.98 Å². The summed E-state index contributed by atoms with van der Waals surface area (Å²) >= 11 is 6.96. The smallest absolute Gasteiger partial charge is 0.284 e. The number of ether oxygens (including phenoxy) is 1. The van der Waals surface area contributed by atoms with Gasteiger partial charge in [-0.3, -0.25) is 4.79 Å².